The lowest BCUT2D eigenvalue weighted by Crippen LogP contribution is -2.43. The van der Waals surface area contributed by atoms with Crippen LogP contribution in [-0.2, 0) is 4.79 Å². The van der Waals surface area contributed by atoms with Crippen molar-refractivity contribution in [2.45, 2.75) is 37.8 Å². The van der Waals surface area contributed by atoms with Crippen molar-refractivity contribution in [1.82, 2.24) is 10.6 Å². The van der Waals surface area contributed by atoms with E-state index in [0.717, 1.165) is 11.1 Å². The fourth-order valence-electron chi connectivity index (χ4n) is 3.72. The van der Waals surface area contributed by atoms with Crippen LogP contribution in [0.2, 0.25) is 5.02 Å². The Morgan fingerprint density at radius 3 is 2.23 bits per heavy atom. The number of hydrogen-bond acceptors (Lipinski definition) is 2. The average Bonchev–Trinajstić information content (AvgIpc) is 3.55. The predicted octanol–water partition coefficient (Wildman–Crippen LogP) is 4.32. The summed E-state index contributed by atoms with van der Waals surface area (Å²) in [5, 5.41) is 7.42. The third-order valence-corrected chi connectivity index (χ3v) is 5.60. The zero-order valence-electron chi connectivity index (χ0n) is 14.8. The highest BCUT2D eigenvalue weighted by atomic mass is 35.5. The van der Waals surface area contributed by atoms with Crippen LogP contribution in [0, 0.1) is 11.8 Å². The first-order chi connectivity index (χ1) is 12.7. The molecule has 0 aliphatic heterocycles. The molecule has 2 N–H and O–H groups in total. The number of benzene rings is 2. The van der Waals surface area contributed by atoms with E-state index in [2.05, 4.69) is 22.8 Å². The Morgan fingerprint density at radius 1 is 0.962 bits per heavy atom. The molecular formula is C22H25ClN2O. The van der Waals surface area contributed by atoms with Gasteiger partial charge in [-0.2, -0.15) is 0 Å². The summed E-state index contributed by atoms with van der Waals surface area (Å²) in [4.78, 5) is 12.6. The molecule has 0 bridgehead atoms. The Kier molecular flexibility index (Phi) is 5.28. The van der Waals surface area contributed by atoms with Crippen LogP contribution in [0.1, 0.15) is 42.9 Å². The van der Waals surface area contributed by atoms with Gasteiger partial charge in [-0.1, -0.05) is 54.1 Å². The summed E-state index contributed by atoms with van der Waals surface area (Å²) in [6, 6.07) is 18.4. The Hall–Kier alpha value is -1.84. The van der Waals surface area contributed by atoms with Gasteiger partial charge in [0.2, 0.25) is 5.91 Å². The number of carbonyl (C=O) groups is 1. The van der Waals surface area contributed by atoms with Crippen LogP contribution in [0.15, 0.2) is 54.6 Å². The molecule has 1 atom stereocenters. The fraction of sp³-hybridized carbons (Fsp3) is 0.409. The van der Waals surface area contributed by atoms with E-state index in [9.17, 15) is 4.79 Å². The van der Waals surface area contributed by atoms with E-state index >= 15 is 0 Å². The molecule has 0 heterocycles. The van der Waals surface area contributed by atoms with Gasteiger partial charge in [-0.25, -0.2) is 0 Å². The van der Waals surface area contributed by atoms with Crippen molar-refractivity contribution in [3.63, 3.8) is 0 Å². The SMILES string of the molecule is O=C(CNC(c1ccccc1)c1cccc(Cl)c1)NC(C1CC1)C1CC1. The molecule has 2 aromatic carbocycles. The van der Waals surface area contributed by atoms with Gasteiger partial charge in [0.05, 0.1) is 12.6 Å². The molecule has 26 heavy (non-hydrogen) atoms. The second kappa shape index (κ2) is 7.81. The average molecular weight is 369 g/mol. The van der Waals surface area contributed by atoms with Gasteiger partial charge in [0, 0.05) is 11.1 Å². The maximum Gasteiger partial charge on any atom is 0.234 e. The standard InChI is InChI=1S/C22H25ClN2O/c23-19-8-4-7-18(13-19)21(15-5-2-1-3-6-15)24-14-20(26)25-22(16-9-10-16)17-11-12-17/h1-8,13,16-17,21-22,24H,9-12,14H2,(H,25,26). The van der Waals surface area contributed by atoms with Gasteiger partial charge in [-0.15, -0.1) is 0 Å². The third kappa shape index (κ3) is 4.46. The summed E-state index contributed by atoms with van der Waals surface area (Å²) in [6.07, 6.45) is 5.07. The van der Waals surface area contributed by atoms with E-state index in [1.54, 1.807) is 0 Å². The highest BCUT2D eigenvalue weighted by Gasteiger charge is 2.42. The summed E-state index contributed by atoms with van der Waals surface area (Å²) in [6.45, 7) is 0.308. The van der Waals surface area contributed by atoms with Crippen LogP contribution in [0.4, 0.5) is 0 Å². The summed E-state index contributed by atoms with van der Waals surface area (Å²) in [5.74, 6) is 1.52. The first-order valence-corrected chi connectivity index (χ1v) is 9.91. The Morgan fingerprint density at radius 2 is 1.62 bits per heavy atom. The van der Waals surface area contributed by atoms with Gasteiger partial charge in [-0.05, 0) is 60.8 Å². The zero-order chi connectivity index (χ0) is 17.9. The van der Waals surface area contributed by atoms with Gasteiger partial charge >= 0.3 is 0 Å². The summed E-state index contributed by atoms with van der Waals surface area (Å²) < 4.78 is 0. The fourth-order valence-corrected chi connectivity index (χ4v) is 3.92. The normalized spacial score (nSPS) is 17.9. The highest BCUT2D eigenvalue weighted by Crippen LogP contribution is 2.44. The van der Waals surface area contributed by atoms with E-state index < -0.39 is 0 Å². The van der Waals surface area contributed by atoms with Gasteiger partial charge in [0.15, 0.2) is 0 Å². The molecule has 4 heteroatoms. The Bertz CT molecular complexity index is 744. The van der Waals surface area contributed by atoms with Gasteiger partial charge < -0.3 is 5.32 Å². The number of hydrogen-bond donors (Lipinski definition) is 2. The predicted molar refractivity (Wildman–Crippen MR) is 105 cm³/mol. The van der Waals surface area contributed by atoms with E-state index in [-0.39, 0.29) is 11.9 Å². The third-order valence-electron chi connectivity index (χ3n) is 5.37. The molecule has 1 unspecified atom stereocenters. The van der Waals surface area contributed by atoms with E-state index in [0.29, 0.717) is 29.4 Å². The minimum Gasteiger partial charge on any atom is -0.352 e. The smallest absolute Gasteiger partial charge is 0.234 e. The van der Waals surface area contributed by atoms with Crippen molar-refractivity contribution < 1.29 is 4.79 Å². The molecule has 0 aromatic heterocycles. The van der Waals surface area contributed by atoms with Gasteiger partial charge in [0.25, 0.3) is 0 Å². The minimum atomic E-state index is -0.0547. The van der Waals surface area contributed by atoms with Crippen LogP contribution in [0.5, 0.6) is 0 Å². The molecule has 2 aromatic rings. The molecule has 2 aliphatic rings. The topological polar surface area (TPSA) is 41.1 Å². The van der Waals surface area contributed by atoms with E-state index in [4.69, 9.17) is 11.6 Å². The quantitative estimate of drug-likeness (QED) is 0.728. The lowest BCUT2D eigenvalue weighted by molar-refractivity contribution is -0.121. The van der Waals surface area contributed by atoms with Crippen molar-refractivity contribution in [3.05, 3.63) is 70.7 Å². The number of carbonyl (C=O) groups excluding carboxylic acids is 1. The molecule has 2 saturated carbocycles. The number of amides is 1. The molecule has 0 spiro atoms. The molecule has 0 saturated heterocycles. The Balaban J connectivity index is 1.43. The van der Waals surface area contributed by atoms with Crippen molar-refractivity contribution >= 4 is 17.5 Å². The maximum absolute atomic E-state index is 12.6. The molecule has 2 aliphatic carbocycles. The van der Waals surface area contributed by atoms with Gasteiger partial charge in [-0.3, -0.25) is 10.1 Å². The molecule has 1 amide bonds. The summed E-state index contributed by atoms with van der Waals surface area (Å²) in [5.41, 5.74) is 2.20. The second-order valence-electron chi connectivity index (χ2n) is 7.55. The molecule has 4 rings (SSSR count). The molecule has 0 radical (unpaired) electrons. The number of nitrogens with one attached hydrogen (secondary N) is 2. The van der Waals surface area contributed by atoms with Crippen LogP contribution in [0.3, 0.4) is 0 Å². The lowest BCUT2D eigenvalue weighted by atomic mass is 9.98. The minimum absolute atomic E-state index is 0.0547. The summed E-state index contributed by atoms with van der Waals surface area (Å²) >= 11 is 6.18. The van der Waals surface area contributed by atoms with Crippen LogP contribution in [-0.4, -0.2) is 18.5 Å². The van der Waals surface area contributed by atoms with Gasteiger partial charge in [0.1, 0.15) is 0 Å². The van der Waals surface area contributed by atoms with Crippen molar-refractivity contribution in [3.8, 4) is 0 Å². The van der Waals surface area contributed by atoms with Crippen LogP contribution in [0.25, 0.3) is 0 Å². The monoisotopic (exact) mass is 368 g/mol. The van der Waals surface area contributed by atoms with Crippen molar-refractivity contribution in [1.29, 1.82) is 0 Å². The van der Waals surface area contributed by atoms with Crippen LogP contribution >= 0.6 is 11.6 Å². The zero-order valence-corrected chi connectivity index (χ0v) is 15.6. The van der Waals surface area contributed by atoms with E-state index in [1.807, 2.05) is 42.5 Å². The van der Waals surface area contributed by atoms with E-state index in [1.165, 1.54) is 25.7 Å². The van der Waals surface area contributed by atoms with Crippen molar-refractivity contribution in [2.75, 3.05) is 6.54 Å². The number of halogens is 1. The largest absolute Gasteiger partial charge is 0.352 e. The highest BCUT2D eigenvalue weighted by molar-refractivity contribution is 6.30. The second-order valence-corrected chi connectivity index (χ2v) is 7.98. The number of rotatable bonds is 8. The summed E-state index contributed by atoms with van der Waals surface area (Å²) in [7, 11) is 0. The first kappa shape index (κ1) is 17.6. The molecular weight excluding hydrogens is 344 g/mol. The molecule has 3 nitrogen and oxygen atoms in total. The lowest BCUT2D eigenvalue weighted by Gasteiger charge is -2.22. The maximum atomic E-state index is 12.6. The molecule has 2 fully saturated rings. The van der Waals surface area contributed by atoms with Crippen molar-refractivity contribution in [2.24, 2.45) is 11.8 Å². The van der Waals surface area contributed by atoms with Crippen LogP contribution < -0.4 is 10.6 Å². The molecule has 136 valence electrons. The first-order valence-electron chi connectivity index (χ1n) is 9.54. The Labute approximate surface area is 160 Å².